The largest absolute Gasteiger partial charge is 0.310 e. The number of hydrogen-bond acceptors (Lipinski definition) is 2. The van der Waals surface area contributed by atoms with E-state index in [1.807, 2.05) is 0 Å². The summed E-state index contributed by atoms with van der Waals surface area (Å²) in [4.78, 5) is 4.64. The summed E-state index contributed by atoms with van der Waals surface area (Å²) in [7, 11) is 0. The van der Waals surface area contributed by atoms with E-state index in [-0.39, 0.29) is 0 Å². The third kappa shape index (κ3) is 2.85. The molecular formula is C18H24N2. The van der Waals surface area contributed by atoms with Crippen molar-refractivity contribution in [1.82, 2.24) is 10.3 Å². The van der Waals surface area contributed by atoms with Gasteiger partial charge in [-0.2, -0.15) is 0 Å². The van der Waals surface area contributed by atoms with Crippen molar-refractivity contribution in [2.24, 2.45) is 5.92 Å². The Kier molecular flexibility index (Phi) is 4.31. The topological polar surface area (TPSA) is 24.9 Å². The number of fused-ring (bicyclic) bond motifs is 1. The Morgan fingerprint density at radius 2 is 2.05 bits per heavy atom. The summed E-state index contributed by atoms with van der Waals surface area (Å²) >= 11 is 0. The van der Waals surface area contributed by atoms with E-state index in [2.05, 4.69) is 53.8 Å². The minimum atomic E-state index is 0.481. The highest BCUT2D eigenvalue weighted by Crippen LogP contribution is 2.36. The van der Waals surface area contributed by atoms with Gasteiger partial charge in [-0.25, -0.2) is 0 Å². The molecule has 1 N–H and O–H groups in total. The van der Waals surface area contributed by atoms with Crippen LogP contribution in [0.5, 0.6) is 0 Å². The van der Waals surface area contributed by atoms with Crippen LogP contribution in [0.15, 0.2) is 36.5 Å². The van der Waals surface area contributed by atoms with Crippen molar-refractivity contribution < 1.29 is 0 Å². The lowest BCUT2D eigenvalue weighted by Gasteiger charge is -2.25. The highest BCUT2D eigenvalue weighted by Gasteiger charge is 2.26. The number of aromatic nitrogens is 1. The predicted molar refractivity (Wildman–Crippen MR) is 84.7 cm³/mol. The first-order chi connectivity index (χ1) is 9.88. The molecule has 0 saturated heterocycles. The van der Waals surface area contributed by atoms with Gasteiger partial charge < -0.3 is 5.32 Å². The molecule has 106 valence electrons. The molecule has 1 saturated carbocycles. The summed E-state index contributed by atoms with van der Waals surface area (Å²) in [6.45, 7) is 3.32. The lowest BCUT2D eigenvalue weighted by atomic mass is 9.92. The fraction of sp³-hybridized carbons (Fsp3) is 0.500. The molecule has 0 radical (unpaired) electrons. The second-order valence-corrected chi connectivity index (χ2v) is 5.94. The van der Waals surface area contributed by atoms with Gasteiger partial charge in [-0.05, 0) is 49.4 Å². The quantitative estimate of drug-likeness (QED) is 0.865. The maximum atomic E-state index is 4.64. The summed E-state index contributed by atoms with van der Waals surface area (Å²) in [5, 5.41) is 5.01. The van der Waals surface area contributed by atoms with Gasteiger partial charge in [0.2, 0.25) is 0 Å². The van der Waals surface area contributed by atoms with Gasteiger partial charge in [0, 0.05) is 17.6 Å². The molecule has 1 aliphatic carbocycles. The van der Waals surface area contributed by atoms with Crippen LogP contribution in [0.3, 0.4) is 0 Å². The van der Waals surface area contributed by atoms with Crippen LogP contribution in [0.1, 0.15) is 50.6 Å². The van der Waals surface area contributed by atoms with Crippen LogP contribution >= 0.6 is 0 Å². The van der Waals surface area contributed by atoms with Crippen molar-refractivity contribution in [2.45, 2.75) is 45.1 Å². The number of nitrogens with zero attached hydrogens (tertiary/aromatic N) is 1. The molecule has 2 aromatic rings. The van der Waals surface area contributed by atoms with Crippen LogP contribution < -0.4 is 5.32 Å². The van der Waals surface area contributed by atoms with Crippen molar-refractivity contribution in [2.75, 3.05) is 6.54 Å². The van der Waals surface area contributed by atoms with Crippen LogP contribution in [0.4, 0.5) is 0 Å². The summed E-state index contributed by atoms with van der Waals surface area (Å²) < 4.78 is 0. The maximum absolute atomic E-state index is 4.64. The molecule has 20 heavy (non-hydrogen) atoms. The minimum absolute atomic E-state index is 0.481. The Labute approximate surface area is 121 Å². The summed E-state index contributed by atoms with van der Waals surface area (Å²) in [6, 6.07) is 11.2. The zero-order chi connectivity index (χ0) is 13.8. The van der Waals surface area contributed by atoms with Gasteiger partial charge in [-0.15, -0.1) is 0 Å². The Morgan fingerprint density at radius 3 is 2.85 bits per heavy atom. The van der Waals surface area contributed by atoms with Crippen molar-refractivity contribution in [3.8, 4) is 0 Å². The zero-order valence-electron chi connectivity index (χ0n) is 12.3. The van der Waals surface area contributed by atoms with Gasteiger partial charge in [0.05, 0.1) is 5.52 Å². The van der Waals surface area contributed by atoms with Gasteiger partial charge in [-0.1, -0.05) is 38.0 Å². The Morgan fingerprint density at radius 1 is 1.25 bits per heavy atom. The molecule has 2 heteroatoms. The van der Waals surface area contributed by atoms with Crippen molar-refractivity contribution in [3.05, 3.63) is 42.1 Å². The Hall–Kier alpha value is -1.41. The first-order valence-corrected chi connectivity index (χ1v) is 7.96. The third-order valence-electron chi connectivity index (χ3n) is 4.46. The van der Waals surface area contributed by atoms with Crippen molar-refractivity contribution in [3.63, 3.8) is 0 Å². The summed E-state index contributed by atoms with van der Waals surface area (Å²) in [5.41, 5.74) is 2.46. The highest BCUT2D eigenvalue weighted by molar-refractivity contribution is 5.78. The average molecular weight is 268 g/mol. The molecular weight excluding hydrogens is 244 g/mol. The molecule has 1 aromatic heterocycles. The van der Waals surface area contributed by atoms with Crippen LogP contribution in [0, 0.1) is 5.92 Å². The van der Waals surface area contributed by atoms with Crippen LogP contribution in [-0.4, -0.2) is 11.5 Å². The second kappa shape index (κ2) is 6.36. The molecule has 0 amide bonds. The molecule has 3 rings (SSSR count). The van der Waals surface area contributed by atoms with E-state index >= 15 is 0 Å². The van der Waals surface area contributed by atoms with Crippen molar-refractivity contribution >= 4 is 10.9 Å². The predicted octanol–water partition coefficient (Wildman–Crippen LogP) is 4.47. The normalized spacial score (nSPS) is 17.6. The SMILES string of the molecule is CCCNC(c1cnc2ccccc2c1)C1CCCC1. The van der Waals surface area contributed by atoms with Gasteiger partial charge in [-0.3, -0.25) is 4.98 Å². The van der Waals surface area contributed by atoms with E-state index < -0.39 is 0 Å². The lowest BCUT2D eigenvalue weighted by Crippen LogP contribution is -2.28. The molecule has 1 aromatic carbocycles. The number of para-hydroxylation sites is 1. The number of benzene rings is 1. The first-order valence-electron chi connectivity index (χ1n) is 7.96. The monoisotopic (exact) mass is 268 g/mol. The molecule has 1 fully saturated rings. The smallest absolute Gasteiger partial charge is 0.0702 e. The van der Waals surface area contributed by atoms with E-state index in [0.29, 0.717) is 6.04 Å². The number of hydrogen-bond donors (Lipinski definition) is 1. The van der Waals surface area contributed by atoms with E-state index in [9.17, 15) is 0 Å². The van der Waals surface area contributed by atoms with Crippen LogP contribution in [0.25, 0.3) is 10.9 Å². The molecule has 0 spiro atoms. The summed E-state index contributed by atoms with van der Waals surface area (Å²) in [5.74, 6) is 0.782. The van der Waals surface area contributed by atoms with Crippen LogP contribution in [0.2, 0.25) is 0 Å². The summed E-state index contributed by atoms with van der Waals surface area (Å²) in [6.07, 6.45) is 8.74. The number of nitrogens with one attached hydrogen (secondary N) is 1. The second-order valence-electron chi connectivity index (χ2n) is 5.94. The molecule has 1 aliphatic rings. The van der Waals surface area contributed by atoms with Crippen molar-refractivity contribution in [1.29, 1.82) is 0 Å². The molecule has 1 unspecified atom stereocenters. The maximum Gasteiger partial charge on any atom is 0.0702 e. The first kappa shape index (κ1) is 13.6. The molecule has 0 aliphatic heterocycles. The number of rotatable bonds is 5. The number of pyridine rings is 1. The highest BCUT2D eigenvalue weighted by atomic mass is 14.9. The average Bonchev–Trinajstić information content (AvgIpc) is 3.02. The molecule has 1 atom stereocenters. The van der Waals surface area contributed by atoms with E-state index in [1.54, 1.807) is 0 Å². The standard InChI is InChI=1S/C18H24N2/c1-2-11-19-18(14-7-3-4-8-14)16-12-15-9-5-6-10-17(15)20-13-16/h5-6,9-10,12-14,18-19H,2-4,7-8,11H2,1H3. The lowest BCUT2D eigenvalue weighted by molar-refractivity contribution is 0.368. The van der Waals surface area contributed by atoms with E-state index in [0.717, 1.165) is 18.0 Å². The minimum Gasteiger partial charge on any atom is -0.310 e. The fourth-order valence-electron chi connectivity index (χ4n) is 3.41. The van der Waals surface area contributed by atoms with Gasteiger partial charge in [0.1, 0.15) is 0 Å². The molecule has 1 heterocycles. The third-order valence-corrected chi connectivity index (χ3v) is 4.46. The van der Waals surface area contributed by atoms with Gasteiger partial charge >= 0.3 is 0 Å². The van der Waals surface area contributed by atoms with Gasteiger partial charge in [0.25, 0.3) is 0 Å². The van der Waals surface area contributed by atoms with E-state index in [1.165, 1.54) is 43.1 Å². The Bertz CT molecular complexity index is 558. The Balaban J connectivity index is 1.90. The zero-order valence-corrected chi connectivity index (χ0v) is 12.3. The molecule has 0 bridgehead atoms. The van der Waals surface area contributed by atoms with E-state index in [4.69, 9.17) is 0 Å². The molecule has 2 nitrogen and oxygen atoms in total. The fourth-order valence-corrected chi connectivity index (χ4v) is 3.41. The van der Waals surface area contributed by atoms with Crippen LogP contribution in [-0.2, 0) is 0 Å². The van der Waals surface area contributed by atoms with Gasteiger partial charge in [0.15, 0.2) is 0 Å².